The van der Waals surface area contributed by atoms with Gasteiger partial charge in [-0.1, -0.05) is 23.7 Å². The van der Waals surface area contributed by atoms with Crippen LogP contribution >= 0.6 is 0 Å². The van der Waals surface area contributed by atoms with Gasteiger partial charge in [-0.15, -0.1) is 0 Å². The summed E-state index contributed by atoms with van der Waals surface area (Å²) in [6, 6.07) is 13.4. The minimum Gasteiger partial charge on any atom is -0.457 e. The van der Waals surface area contributed by atoms with Crippen molar-refractivity contribution in [3.8, 4) is 22.5 Å². The standard InChI is InChI=1S/C38H28N6O12/c1-5-38(27-14-30-33-21(10-20-8-17(2)6-7-28(20)39-33)15-41(30)35(45)26(27)16-54-37(38)47)55-36(46)19(4)56-40-34-24-11-22(42(48)49)9-18(3)31(24)32-25(34)12-23(43(50)51)13-29(32)44(52)53/h6-14,19H,5,15-16H2,1-4H3/b40-34+/t19-,38+/m1/s1. The number of cyclic esters (lactones) is 1. The molecule has 56 heavy (non-hydrogen) atoms. The second kappa shape index (κ2) is 12.6. The maximum absolute atomic E-state index is 14.0. The molecule has 0 saturated heterocycles. The van der Waals surface area contributed by atoms with Gasteiger partial charge in [-0.05, 0) is 57.0 Å². The van der Waals surface area contributed by atoms with E-state index in [0.717, 1.165) is 34.7 Å². The maximum Gasteiger partial charge on any atom is 0.355 e. The number of non-ortho nitro benzene ring substituents is 2. The summed E-state index contributed by atoms with van der Waals surface area (Å²) in [6.07, 6.45) is -1.75. The first-order valence-electron chi connectivity index (χ1n) is 17.2. The van der Waals surface area contributed by atoms with E-state index in [2.05, 4.69) is 5.16 Å². The molecule has 0 amide bonds. The Kier molecular flexibility index (Phi) is 8.03. The van der Waals surface area contributed by atoms with E-state index in [1.807, 2.05) is 31.2 Å². The summed E-state index contributed by atoms with van der Waals surface area (Å²) in [4.78, 5) is 85.2. The zero-order valence-corrected chi connectivity index (χ0v) is 30.0. The number of pyridine rings is 2. The molecule has 3 aromatic carbocycles. The fourth-order valence-corrected chi connectivity index (χ4v) is 7.64. The summed E-state index contributed by atoms with van der Waals surface area (Å²) in [6.45, 7) is 6.12. The second-order valence-electron chi connectivity index (χ2n) is 13.7. The van der Waals surface area contributed by atoms with Crippen LogP contribution in [0, 0.1) is 44.2 Å². The topological polar surface area (TPSA) is 238 Å². The van der Waals surface area contributed by atoms with E-state index < -0.39 is 61.0 Å². The largest absolute Gasteiger partial charge is 0.457 e. The molecule has 5 aromatic rings. The van der Waals surface area contributed by atoms with Crippen molar-refractivity contribution in [2.75, 3.05) is 0 Å². The monoisotopic (exact) mass is 760 g/mol. The van der Waals surface area contributed by atoms with Crippen molar-refractivity contribution in [2.24, 2.45) is 5.16 Å². The second-order valence-corrected chi connectivity index (χ2v) is 13.7. The van der Waals surface area contributed by atoms with Gasteiger partial charge in [-0.2, -0.15) is 0 Å². The number of oxime groups is 1. The molecule has 0 unspecified atom stereocenters. The lowest BCUT2D eigenvalue weighted by Crippen LogP contribution is -2.48. The van der Waals surface area contributed by atoms with Crippen LogP contribution in [0.15, 0.2) is 64.5 Å². The van der Waals surface area contributed by atoms with Crippen LogP contribution in [0.4, 0.5) is 17.1 Å². The van der Waals surface area contributed by atoms with Gasteiger partial charge in [0.2, 0.25) is 11.7 Å². The zero-order chi connectivity index (χ0) is 40.0. The summed E-state index contributed by atoms with van der Waals surface area (Å²) in [5, 5.41) is 40.7. The normalized spacial score (nSPS) is 17.3. The number of nitro benzene ring substituents is 3. The lowest BCUT2D eigenvalue weighted by atomic mass is 9.85. The van der Waals surface area contributed by atoms with Crippen molar-refractivity contribution in [3.05, 3.63) is 134 Å². The molecule has 0 bridgehead atoms. The molecule has 0 fully saturated rings. The number of aryl methyl sites for hydroxylation is 2. The van der Waals surface area contributed by atoms with Gasteiger partial charge in [0.25, 0.3) is 22.6 Å². The molecule has 2 aliphatic heterocycles. The summed E-state index contributed by atoms with van der Waals surface area (Å²) >= 11 is 0. The molecule has 18 nitrogen and oxygen atoms in total. The first kappa shape index (κ1) is 35.6. The van der Waals surface area contributed by atoms with Crippen molar-refractivity contribution in [2.45, 2.75) is 59.0 Å². The Morgan fingerprint density at radius 1 is 0.964 bits per heavy atom. The molecule has 0 N–H and O–H groups in total. The SMILES string of the molecule is CC[C@@]1(OC(=O)[C@@H](C)O/N=C2\c3cc([N+](=O)[O-])cc(C)c3-c3c2cc([N+](=O)[O-])cc3[N+](=O)[O-])C(=O)OCc2c1cc1n(c2=O)Cc2cc3cc(C)ccc3nc2-1. The fraction of sp³-hybridized carbons (Fsp3) is 0.237. The van der Waals surface area contributed by atoms with E-state index in [1.165, 1.54) is 24.5 Å². The number of fused-ring (bicyclic) bond motifs is 8. The molecular weight excluding hydrogens is 732 g/mol. The Morgan fingerprint density at radius 2 is 1.66 bits per heavy atom. The summed E-state index contributed by atoms with van der Waals surface area (Å²) in [5.41, 5.74) is -0.546. The van der Waals surface area contributed by atoms with Gasteiger partial charge in [-0.3, -0.25) is 35.1 Å². The number of benzene rings is 3. The summed E-state index contributed by atoms with van der Waals surface area (Å²) in [5.74, 6) is -2.05. The van der Waals surface area contributed by atoms with Crippen molar-refractivity contribution < 1.29 is 38.7 Å². The van der Waals surface area contributed by atoms with E-state index in [1.54, 1.807) is 13.0 Å². The van der Waals surface area contributed by atoms with Gasteiger partial charge in [0.1, 0.15) is 12.3 Å². The Bertz CT molecular complexity index is 2770. The number of esters is 2. The minimum absolute atomic E-state index is 0.00295. The average molecular weight is 761 g/mol. The smallest absolute Gasteiger partial charge is 0.355 e. The third-order valence-electron chi connectivity index (χ3n) is 10.3. The predicted octanol–water partition coefficient (Wildman–Crippen LogP) is 5.81. The van der Waals surface area contributed by atoms with Crippen molar-refractivity contribution in [1.29, 1.82) is 0 Å². The van der Waals surface area contributed by atoms with Crippen LogP contribution in [0.2, 0.25) is 0 Å². The molecule has 0 radical (unpaired) electrons. The number of rotatable bonds is 8. The zero-order valence-electron chi connectivity index (χ0n) is 30.0. The van der Waals surface area contributed by atoms with Crippen molar-refractivity contribution in [3.63, 3.8) is 0 Å². The highest BCUT2D eigenvalue weighted by atomic mass is 16.7. The molecule has 2 atom stereocenters. The highest BCUT2D eigenvalue weighted by Gasteiger charge is 2.51. The molecule has 0 saturated carbocycles. The van der Waals surface area contributed by atoms with Gasteiger partial charge in [0.05, 0.1) is 55.4 Å². The maximum atomic E-state index is 14.0. The van der Waals surface area contributed by atoms with Crippen LogP contribution in [0.25, 0.3) is 33.4 Å². The summed E-state index contributed by atoms with van der Waals surface area (Å²) in [7, 11) is 0. The van der Waals surface area contributed by atoms with Crippen molar-refractivity contribution in [1.82, 2.24) is 9.55 Å². The van der Waals surface area contributed by atoms with Gasteiger partial charge < -0.3 is 18.9 Å². The number of aromatic nitrogens is 2. The van der Waals surface area contributed by atoms with E-state index in [9.17, 15) is 44.7 Å². The van der Waals surface area contributed by atoms with Gasteiger partial charge >= 0.3 is 11.9 Å². The van der Waals surface area contributed by atoms with Crippen LogP contribution < -0.4 is 5.56 Å². The van der Waals surface area contributed by atoms with Crippen LogP contribution in [-0.2, 0) is 42.7 Å². The lowest BCUT2D eigenvalue weighted by molar-refractivity contribution is -0.393. The molecule has 1 aliphatic carbocycles. The van der Waals surface area contributed by atoms with Crippen LogP contribution in [0.5, 0.6) is 0 Å². The molecule has 4 heterocycles. The molecule has 282 valence electrons. The molecule has 3 aliphatic rings. The molecule has 2 aromatic heterocycles. The minimum atomic E-state index is -2.09. The average Bonchev–Trinajstić information content (AvgIpc) is 3.68. The van der Waals surface area contributed by atoms with E-state index in [0.29, 0.717) is 16.9 Å². The van der Waals surface area contributed by atoms with E-state index >= 15 is 0 Å². The number of hydrogen-bond acceptors (Lipinski definition) is 14. The van der Waals surface area contributed by atoms with E-state index in [-0.39, 0.29) is 64.2 Å². The third kappa shape index (κ3) is 5.28. The third-order valence-corrected chi connectivity index (χ3v) is 10.3. The van der Waals surface area contributed by atoms with Crippen LogP contribution in [-0.4, -0.2) is 48.1 Å². The first-order valence-corrected chi connectivity index (χ1v) is 17.2. The first-order chi connectivity index (χ1) is 26.6. The number of nitrogens with zero attached hydrogens (tertiary/aromatic N) is 6. The summed E-state index contributed by atoms with van der Waals surface area (Å²) < 4.78 is 12.9. The quantitative estimate of drug-likeness (QED) is 0.101. The predicted molar refractivity (Wildman–Crippen MR) is 196 cm³/mol. The number of hydrogen-bond donors (Lipinski definition) is 0. The molecule has 8 rings (SSSR count). The highest BCUT2D eigenvalue weighted by molar-refractivity contribution is 6.26. The van der Waals surface area contributed by atoms with Crippen LogP contribution in [0.1, 0.15) is 59.2 Å². The van der Waals surface area contributed by atoms with Gasteiger partial charge in [0.15, 0.2) is 0 Å². The van der Waals surface area contributed by atoms with Gasteiger partial charge in [0, 0.05) is 51.4 Å². The molecule has 0 spiro atoms. The van der Waals surface area contributed by atoms with E-state index in [4.69, 9.17) is 19.3 Å². The Morgan fingerprint density at radius 3 is 2.34 bits per heavy atom. The molecular formula is C38H28N6O12. The van der Waals surface area contributed by atoms with Gasteiger partial charge in [-0.25, -0.2) is 14.6 Å². The highest BCUT2D eigenvalue weighted by Crippen LogP contribution is 2.48. The number of ether oxygens (including phenoxy) is 2. The lowest BCUT2D eigenvalue weighted by Gasteiger charge is -2.36. The Hall–Kier alpha value is -7.37. The number of nitro groups is 3. The Balaban J connectivity index is 1.18. The number of carbonyl (C=O) groups is 2. The number of carbonyl (C=O) groups excluding carboxylic acids is 2. The fourth-order valence-electron chi connectivity index (χ4n) is 7.64. The van der Waals surface area contributed by atoms with Crippen molar-refractivity contribution >= 4 is 45.6 Å². The Labute approximate surface area is 314 Å². The van der Waals surface area contributed by atoms with Crippen LogP contribution in [0.3, 0.4) is 0 Å². The molecule has 18 heteroatoms.